The number of aliphatic hydroxyl groups excluding tert-OH is 1. The van der Waals surface area contributed by atoms with E-state index in [2.05, 4.69) is 36.3 Å². The van der Waals surface area contributed by atoms with Gasteiger partial charge in [-0.3, -0.25) is 4.98 Å². The molecule has 7 heteroatoms. The zero-order valence-electron chi connectivity index (χ0n) is 21.9. The number of benzene rings is 3. The van der Waals surface area contributed by atoms with Gasteiger partial charge in [0, 0.05) is 29.2 Å². The van der Waals surface area contributed by atoms with Crippen LogP contribution in [0.4, 0.5) is 0 Å². The monoisotopic (exact) mass is 514 g/mol. The van der Waals surface area contributed by atoms with Gasteiger partial charge in [0.25, 0.3) is 0 Å². The number of hydrogen-bond acceptors (Lipinski definition) is 6. The van der Waals surface area contributed by atoms with E-state index < -0.39 is 12.1 Å². The topological polar surface area (TPSA) is 101 Å². The summed E-state index contributed by atoms with van der Waals surface area (Å²) >= 11 is 0. The maximum Gasteiger partial charge on any atom is 0.335 e. The molecule has 4 rings (SSSR count). The third kappa shape index (κ3) is 7.38. The van der Waals surface area contributed by atoms with Crippen LogP contribution in [0.15, 0.2) is 85.1 Å². The van der Waals surface area contributed by atoms with Crippen molar-refractivity contribution in [2.75, 3.05) is 13.2 Å². The quantitative estimate of drug-likeness (QED) is 0.220. The van der Waals surface area contributed by atoms with Crippen molar-refractivity contribution in [3.05, 3.63) is 102 Å². The summed E-state index contributed by atoms with van der Waals surface area (Å²) in [7, 11) is 0. The van der Waals surface area contributed by atoms with Crippen LogP contribution in [0.2, 0.25) is 0 Å². The van der Waals surface area contributed by atoms with Crippen molar-refractivity contribution in [2.24, 2.45) is 0 Å². The highest BCUT2D eigenvalue weighted by Crippen LogP contribution is 2.31. The van der Waals surface area contributed by atoms with E-state index >= 15 is 0 Å². The van der Waals surface area contributed by atoms with Gasteiger partial charge in [-0.1, -0.05) is 36.4 Å². The normalized spacial score (nSPS) is 13.3. The van der Waals surface area contributed by atoms with Crippen molar-refractivity contribution >= 4 is 16.9 Å². The lowest BCUT2D eigenvalue weighted by Gasteiger charge is -2.28. The standard InChI is InChI=1S/C31H34N2O5/c1-21(27-9-5-7-11-29(27)38-26-14-12-23(13-15-26)30(35)36)37-20-25(34)19-33-31(2,3)17-22-16-24-8-4-6-10-28(24)32-18-22/h4-16,18,21,25,33-34H,17,19-20H2,1-3H3,(H,35,36)/t21?,25-/m1/s1. The highest BCUT2D eigenvalue weighted by Gasteiger charge is 2.21. The average molecular weight is 515 g/mol. The first-order valence-corrected chi connectivity index (χ1v) is 12.7. The molecule has 0 aliphatic rings. The predicted octanol–water partition coefficient (Wildman–Crippen LogP) is 5.77. The molecule has 0 amide bonds. The van der Waals surface area contributed by atoms with Gasteiger partial charge in [-0.05, 0) is 75.2 Å². The van der Waals surface area contributed by atoms with E-state index in [1.165, 1.54) is 12.1 Å². The van der Waals surface area contributed by atoms with Crippen molar-refractivity contribution in [3.63, 3.8) is 0 Å². The summed E-state index contributed by atoms with van der Waals surface area (Å²) in [6.45, 7) is 6.66. The maximum atomic E-state index is 11.1. The third-order valence-electron chi connectivity index (χ3n) is 6.33. The second-order valence-electron chi connectivity index (χ2n) is 10.1. The molecule has 0 aliphatic heterocycles. The first kappa shape index (κ1) is 27.3. The lowest BCUT2D eigenvalue weighted by atomic mass is 9.95. The van der Waals surface area contributed by atoms with Crippen LogP contribution in [0.3, 0.4) is 0 Å². The average Bonchev–Trinajstić information content (AvgIpc) is 2.91. The van der Waals surface area contributed by atoms with Crippen LogP contribution < -0.4 is 10.1 Å². The minimum Gasteiger partial charge on any atom is -0.478 e. The first-order chi connectivity index (χ1) is 18.2. The summed E-state index contributed by atoms with van der Waals surface area (Å²) in [5.41, 5.74) is 2.90. The molecule has 1 heterocycles. The number of ether oxygens (including phenoxy) is 2. The number of carboxylic acid groups (broad SMARTS) is 1. The van der Waals surface area contributed by atoms with Crippen molar-refractivity contribution in [2.45, 2.75) is 44.9 Å². The van der Waals surface area contributed by atoms with E-state index in [-0.39, 0.29) is 23.8 Å². The number of carbonyl (C=O) groups is 1. The fraction of sp³-hybridized carbons (Fsp3) is 0.290. The fourth-order valence-corrected chi connectivity index (χ4v) is 4.29. The van der Waals surface area contributed by atoms with Gasteiger partial charge in [0.1, 0.15) is 11.5 Å². The van der Waals surface area contributed by atoms with Crippen molar-refractivity contribution < 1.29 is 24.5 Å². The minimum atomic E-state index is -0.985. The molecular weight excluding hydrogens is 480 g/mol. The summed E-state index contributed by atoms with van der Waals surface area (Å²) < 4.78 is 12.0. The Bertz CT molecular complexity index is 1370. The lowest BCUT2D eigenvalue weighted by molar-refractivity contribution is -0.00481. The van der Waals surface area contributed by atoms with Gasteiger partial charge in [-0.15, -0.1) is 0 Å². The van der Waals surface area contributed by atoms with Gasteiger partial charge < -0.3 is 25.0 Å². The van der Waals surface area contributed by atoms with Crippen molar-refractivity contribution in [1.82, 2.24) is 10.3 Å². The Morgan fingerprint density at radius 3 is 2.50 bits per heavy atom. The SMILES string of the molecule is CC(OC[C@H](O)CNC(C)(C)Cc1cnc2ccccc2c1)c1ccccc1Oc1ccc(C(=O)O)cc1. The smallest absolute Gasteiger partial charge is 0.335 e. The van der Waals surface area contributed by atoms with Crippen LogP contribution in [0.5, 0.6) is 11.5 Å². The molecule has 0 bridgehead atoms. The summed E-state index contributed by atoms with van der Waals surface area (Å²) in [5.74, 6) is 0.157. The molecular formula is C31H34N2O5. The number of aromatic nitrogens is 1. The van der Waals surface area contributed by atoms with Gasteiger partial charge in [-0.25, -0.2) is 4.79 Å². The van der Waals surface area contributed by atoms with Crippen molar-refractivity contribution in [1.29, 1.82) is 0 Å². The Morgan fingerprint density at radius 1 is 1.03 bits per heavy atom. The molecule has 0 spiro atoms. The van der Waals surface area contributed by atoms with E-state index in [0.717, 1.165) is 28.5 Å². The Morgan fingerprint density at radius 2 is 1.74 bits per heavy atom. The number of hydrogen-bond donors (Lipinski definition) is 3. The van der Waals surface area contributed by atoms with E-state index in [9.17, 15) is 9.90 Å². The molecule has 1 unspecified atom stereocenters. The number of para-hydroxylation sites is 2. The molecule has 0 fully saturated rings. The van der Waals surface area contributed by atoms with Crippen LogP contribution in [0.1, 0.15) is 48.4 Å². The molecule has 0 saturated heterocycles. The van der Waals surface area contributed by atoms with Gasteiger partial charge >= 0.3 is 5.97 Å². The summed E-state index contributed by atoms with van der Waals surface area (Å²) in [4.78, 5) is 15.6. The number of nitrogens with zero attached hydrogens (tertiary/aromatic N) is 1. The second kappa shape index (κ2) is 12.2. The third-order valence-corrected chi connectivity index (χ3v) is 6.33. The number of pyridine rings is 1. The molecule has 38 heavy (non-hydrogen) atoms. The molecule has 3 aromatic carbocycles. The van der Waals surface area contributed by atoms with Crippen LogP contribution in [-0.2, 0) is 11.2 Å². The summed E-state index contributed by atoms with van der Waals surface area (Å²) in [6, 6.07) is 24.0. The van der Waals surface area contributed by atoms with Gasteiger partial charge in [0.05, 0.1) is 29.9 Å². The molecule has 7 nitrogen and oxygen atoms in total. The minimum absolute atomic E-state index is 0.156. The number of carboxylic acids is 1. The highest BCUT2D eigenvalue weighted by atomic mass is 16.5. The Labute approximate surface area is 223 Å². The van der Waals surface area contributed by atoms with E-state index in [4.69, 9.17) is 14.6 Å². The number of rotatable bonds is 12. The second-order valence-corrected chi connectivity index (χ2v) is 10.1. The number of β-amino-alcohol motifs (C(OH)–C–C–N with tert-alkyl or cyclic N) is 1. The molecule has 3 N–H and O–H groups in total. The number of aliphatic hydroxyl groups is 1. The largest absolute Gasteiger partial charge is 0.478 e. The summed E-state index contributed by atoms with van der Waals surface area (Å²) in [5, 5.41) is 24.3. The van der Waals surface area contributed by atoms with Crippen molar-refractivity contribution in [3.8, 4) is 11.5 Å². The van der Waals surface area contributed by atoms with Crippen LogP contribution >= 0.6 is 0 Å². The Balaban J connectivity index is 1.29. The predicted molar refractivity (Wildman–Crippen MR) is 148 cm³/mol. The molecule has 1 aromatic heterocycles. The van der Waals surface area contributed by atoms with Crippen LogP contribution in [0, 0.1) is 0 Å². The lowest BCUT2D eigenvalue weighted by Crippen LogP contribution is -2.46. The maximum absolute atomic E-state index is 11.1. The summed E-state index contributed by atoms with van der Waals surface area (Å²) in [6.07, 6.45) is 1.67. The Kier molecular flexibility index (Phi) is 8.73. The Hall–Kier alpha value is -3.78. The highest BCUT2D eigenvalue weighted by molar-refractivity contribution is 5.87. The first-order valence-electron chi connectivity index (χ1n) is 12.7. The van der Waals surface area contributed by atoms with Crippen LogP contribution in [0.25, 0.3) is 10.9 Å². The van der Waals surface area contributed by atoms with E-state index in [0.29, 0.717) is 18.0 Å². The molecule has 0 saturated carbocycles. The molecule has 2 atom stereocenters. The van der Waals surface area contributed by atoms with E-state index in [1.54, 1.807) is 12.1 Å². The van der Waals surface area contributed by atoms with Crippen LogP contribution in [-0.4, -0.2) is 46.0 Å². The molecule has 198 valence electrons. The number of fused-ring (bicyclic) bond motifs is 1. The molecule has 0 aliphatic carbocycles. The van der Waals surface area contributed by atoms with Gasteiger partial charge in [0.15, 0.2) is 0 Å². The molecule has 0 radical (unpaired) electrons. The number of aromatic carboxylic acids is 1. The zero-order valence-corrected chi connectivity index (χ0v) is 21.9. The van der Waals surface area contributed by atoms with Gasteiger partial charge in [-0.2, -0.15) is 0 Å². The molecule has 4 aromatic rings. The zero-order chi connectivity index (χ0) is 27.1. The number of nitrogens with one attached hydrogen (secondary N) is 1. The van der Waals surface area contributed by atoms with E-state index in [1.807, 2.05) is 55.6 Å². The fourth-order valence-electron chi connectivity index (χ4n) is 4.29. The van der Waals surface area contributed by atoms with Gasteiger partial charge in [0.2, 0.25) is 0 Å².